The van der Waals surface area contributed by atoms with Crippen LogP contribution in [0.4, 0.5) is 0 Å². The van der Waals surface area contributed by atoms with Crippen molar-refractivity contribution in [1.29, 1.82) is 5.26 Å². The molecule has 37 heavy (non-hydrogen) atoms. The van der Waals surface area contributed by atoms with E-state index in [4.69, 9.17) is 27.9 Å². The Bertz CT molecular complexity index is 1340. The zero-order valence-corrected chi connectivity index (χ0v) is 22.5. The van der Waals surface area contributed by atoms with E-state index >= 15 is 0 Å². The van der Waals surface area contributed by atoms with Crippen molar-refractivity contribution >= 4 is 29.0 Å². The smallest absolute Gasteiger partial charge is 0.271 e. The van der Waals surface area contributed by atoms with Crippen LogP contribution in [0, 0.1) is 18.3 Å². The number of nitrogens with zero attached hydrogens (tertiary/aromatic N) is 2. The predicted molar refractivity (Wildman–Crippen MR) is 146 cm³/mol. The minimum atomic E-state index is -0.649. The minimum absolute atomic E-state index is 0.0937. The van der Waals surface area contributed by atoms with Crippen LogP contribution in [0.25, 0.3) is 0 Å². The molecule has 8 heteroatoms. The molecule has 1 aromatic heterocycles. The lowest BCUT2D eigenvalue weighted by Crippen LogP contribution is -2.27. The van der Waals surface area contributed by atoms with Crippen LogP contribution in [0.1, 0.15) is 71.6 Å². The van der Waals surface area contributed by atoms with Crippen molar-refractivity contribution in [2.75, 3.05) is 6.61 Å². The lowest BCUT2D eigenvalue weighted by atomic mass is 9.97. The summed E-state index contributed by atoms with van der Waals surface area (Å²) in [5, 5.41) is 21.0. The third-order valence-electron chi connectivity index (χ3n) is 6.25. The third kappa shape index (κ3) is 6.74. The number of ether oxygens (including phenoxy) is 1. The Balaban J connectivity index is 1.91. The van der Waals surface area contributed by atoms with Crippen LogP contribution in [-0.2, 0) is 13.0 Å². The number of benzene rings is 2. The van der Waals surface area contributed by atoms with Crippen LogP contribution < -0.4 is 10.3 Å². The van der Waals surface area contributed by atoms with Gasteiger partial charge in [0, 0.05) is 12.1 Å². The van der Waals surface area contributed by atoms with Gasteiger partial charge >= 0.3 is 0 Å². The van der Waals surface area contributed by atoms with Crippen molar-refractivity contribution in [1.82, 2.24) is 4.57 Å². The fourth-order valence-corrected chi connectivity index (χ4v) is 4.76. The molecule has 0 saturated heterocycles. The maximum atomic E-state index is 13.5. The van der Waals surface area contributed by atoms with Gasteiger partial charge in [-0.05, 0) is 43.0 Å². The first-order valence-electron chi connectivity index (χ1n) is 12.4. The molecule has 3 rings (SSSR count). The molecule has 0 radical (unpaired) electrons. The molecule has 0 aliphatic rings. The van der Waals surface area contributed by atoms with Gasteiger partial charge in [-0.2, -0.15) is 5.26 Å². The van der Waals surface area contributed by atoms with Crippen LogP contribution in [0.15, 0.2) is 47.3 Å². The standard InChI is InChI=1S/C29H30Cl2N2O4/c1-3-4-5-6-10-15-37-27-23(30)16-21(17-24(27)31)26(34)25-19(2)22(18-32)28(35)33(29(25)36)14-13-20-11-8-7-9-12-20/h7-9,11-12,16-17,36H,3-6,10,13-15H2,1-2H3. The van der Waals surface area contributed by atoms with Gasteiger partial charge in [-0.1, -0.05) is 86.1 Å². The number of hydrogen-bond acceptors (Lipinski definition) is 5. The van der Waals surface area contributed by atoms with Gasteiger partial charge in [-0.15, -0.1) is 0 Å². The molecule has 0 amide bonds. The highest BCUT2D eigenvalue weighted by Crippen LogP contribution is 2.36. The number of hydrogen-bond donors (Lipinski definition) is 1. The van der Waals surface area contributed by atoms with Gasteiger partial charge in [-0.25, -0.2) is 0 Å². The molecular formula is C29H30Cl2N2O4. The van der Waals surface area contributed by atoms with Gasteiger partial charge in [0.25, 0.3) is 5.56 Å². The Morgan fingerprint density at radius 2 is 1.73 bits per heavy atom. The molecule has 0 bridgehead atoms. The zero-order chi connectivity index (χ0) is 26.9. The first-order chi connectivity index (χ1) is 17.8. The van der Waals surface area contributed by atoms with Crippen LogP contribution in [0.2, 0.25) is 10.0 Å². The van der Waals surface area contributed by atoms with E-state index in [1.807, 2.05) is 36.4 Å². The van der Waals surface area contributed by atoms with Crippen molar-refractivity contribution in [2.45, 2.75) is 58.9 Å². The number of unbranched alkanes of at least 4 members (excludes halogenated alkanes) is 4. The second-order valence-electron chi connectivity index (χ2n) is 8.86. The van der Waals surface area contributed by atoms with Crippen molar-refractivity contribution < 1.29 is 14.6 Å². The van der Waals surface area contributed by atoms with Crippen molar-refractivity contribution in [2.24, 2.45) is 0 Å². The van der Waals surface area contributed by atoms with E-state index in [1.165, 1.54) is 25.5 Å². The van der Waals surface area contributed by atoms with E-state index in [-0.39, 0.29) is 38.8 Å². The number of carbonyl (C=O) groups is 1. The third-order valence-corrected chi connectivity index (χ3v) is 6.81. The first kappa shape index (κ1) is 28.3. The highest BCUT2D eigenvalue weighted by atomic mass is 35.5. The summed E-state index contributed by atoms with van der Waals surface area (Å²) in [5.41, 5.74) is 0.172. The van der Waals surface area contributed by atoms with Crippen LogP contribution >= 0.6 is 23.2 Å². The number of halogens is 2. The van der Waals surface area contributed by atoms with Gasteiger partial charge in [0.05, 0.1) is 22.2 Å². The number of carbonyl (C=O) groups excluding carboxylic acids is 1. The number of rotatable bonds is 12. The summed E-state index contributed by atoms with van der Waals surface area (Å²) in [7, 11) is 0. The van der Waals surface area contributed by atoms with Gasteiger partial charge < -0.3 is 9.84 Å². The zero-order valence-electron chi connectivity index (χ0n) is 21.0. The minimum Gasteiger partial charge on any atom is -0.494 e. The lowest BCUT2D eigenvalue weighted by molar-refractivity contribution is 0.103. The number of aromatic hydroxyl groups is 1. The maximum absolute atomic E-state index is 13.5. The molecule has 0 saturated carbocycles. The fraction of sp³-hybridized carbons (Fsp3) is 0.345. The van der Waals surface area contributed by atoms with E-state index in [1.54, 1.807) is 0 Å². The van der Waals surface area contributed by atoms with Crippen molar-refractivity contribution in [3.8, 4) is 17.7 Å². The number of aryl methyl sites for hydroxylation is 1. The Labute approximate surface area is 227 Å². The molecule has 1 N–H and O–H groups in total. The molecule has 0 aliphatic heterocycles. The van der Waals surface area contributed by atoms with E-state index in [0.29, 0.717) is 18.8 Å². The summed E-state index contributed by atoms with van der Waals surface area (Å²) in [5.74, 6) is -0.807. The quantitative estimate of drug-likeness (QED) is 0.200. The SMILES string of the molecule is CCCCCCCOc1c(Cl)cc(C(=O)c2c(C)c(C#N)c(=O)n(CCc3ccccc3)c2O)cc1Cl. The highest BCUT2D eigenvalue weighted by Gasteiger charge is 2.26. The molecule has 0 atom stereocenters. The maximum Gasteiger partial charge on any atom is 0.271 e. The Kier molecular flexibility index (Phi) is 10.2. The second-order valence-corrected chi connectivity index (χ2v) is 9.68. The number of aromatic nitrogens is 1. The molecular weight excluding hydrogens is 511 g/mol. The summed E-state index contributed by atoms with van der Waals surface area (Å²) in [4.78, 5) is 26.4. The summed E-state index contributed by atoms with van der Waals surface area (Å²) < 4.78 is 6.83. The molecule has 0 spiro atoms. The van der Waals surface area contributed by atoms with Crippen LogP contribution in [-0.4, -0.2) is 22.1 Å². The lowest BCUT2D eigenvalue weighted by Gasteiger charge is -2.16. The van der Waals surface area contributed by atoms with E-state index < -0.39 is 17.2 Å². The normalized spacial score (nSPS) is 10.8. The Morgan fingerprint density at radius 1 is 1.08 bits per heavy atom. The van der Waals surface area contributed by atoms with Gasteiger partial charge in [-0.3, -0.25) is 14.2 Å². The average Bonchev–Trinajstić information content (AvgIpc) is 2.88. The Hall–Kier alpha value is -3.27. The predicted octanol–water partition coefficient (Wildman–Crippen LogP) is 6.86. The van der Waals surface area contributed by atoms with Gasteiger partial charge in [0.15, 0.2) is 11.5 Å². The molecule has 6 nitrogen and oxygen atoms in total. The summed E-state index contributed by atoms with van der Waals surface area (Å²) >= 11 is 12.8. The summed E-state index contributed by atoms with van der Waals surface area (Å²) in [6, 6.07) is 14.1. The largest absolute Gasteiger partial charge is 0.494 e. The second kappa shape index (κ2) is 13.3. The molecule has 3 aromatic rings. The van der Waals surface area contributed by atoms with E-state index in [0.717, 1.165) is 35.8 Å². The molecule has 0 aliphatic carbocycles. The van der Waals surface area contributed by atoms with Crippen molar-refractivity contribution in [3.63, 3.8) is 0 Å². The number of pyridine rings is 1. The molecule has 0 unspecified atom stereocenters. The summed E-state index contributed by atoms with van der Waals surface area (Å²) in [6.45, 7) is 4.17. The van der Waals surface area contributed by atoms with Crippen LogP contribution in [0.5, 0.6) is 11.6 Å². The van der Waals surface area contributed by atoms with E-state index in [2.05, 4.69) is 6.92 Å². The topological polar surface area (TPSA) is 92.3 Å². The molecule has 1 heterocycles. The van der Waals surface area contributed by atoms with Gasteiger partial charge in [0.2, 0.25) is 5.88 Å². The number of nitriles is 1. The van der Waals surface area contributed by atoms with E-state index in [9.17, 15) is 20.0 Å². The average molecular weight is 541 g/mol. The molecule has 2 aromatic carbocycles. The van der Waals surface area contributed by atoms with Gasteiger partial charge in [0.1, 0.15) is 11.6 Å². The monoisotopic (exact) mass is 540 g/mol. The fourth-order valence-electron chi connectivity index (χ4n) is 4.17. The Morgan fingerprint density at radius 3 is 2.35 bits per heavy atom. The van der Waals surface area contributed by atoms with Crippen molar-refractivity contribution in [3.05, 3.63) is 90.7 Å². The first-order valence-corrected chi connectivity index (χ1v) is 13.1. The molecule has 194 valence electrons. The molecule has 0 fully saturated rings. The van der Waals surface area contributed by atoms with Crippen LogP contribution in [0.3, 0.4) is 0 Å². The summed E-state index contributed by atoms with van der Waals surface area (Å²) in [6.07, 6.45) is 5.80. The highest BCUT2D eigenvalue weighted by molar-refractivity contribution is 6.38. The number of ketones is 1.